The van der Waals surface area contributed by atoms with Gasteiger partial charge in [-0.3, -0.25) is 10.1 Å². The molecule has 0 saturated carbocycles. The number of rotatable bonds is 3. The van der Waals surface area contributed by atoms with Crippen LogP contribution in [0.4, 0.5) is 6.01 Å². The maximum Gasteiger partial charge on any atom is 0.301 e. The van der Waals surface area contributed by atoms with Gasteiger partial charge in [0.1, 0.15) is 12.0 Å². The average molecular weight is 285 g/mol. The van der Waals surface area contributed by atoms with Gasteiger partial charge in [0.2, 0.25) is 0 Å². The van der Waals surface area contributed by atoms with Crippen LogP contribution in [0.15, 0.2) is 28.9 Å². The lowest BCUT2D eigenvalue weighted by molar-refractivity contribution is 0.102. The minimum atomic E-state index is -0.338. The molecule has 0 saturated heterocycles. The molecule has 0 atom stereocenters. The summed E-state index contributed by atoms with van der Waals surface area (Å²) in [5.41, 5.74) is 7.07. The number of nitrogens with one attached hydrogen (secondary N) is 1. The SMILES string of the molecule is COc1ccc(C(=O)Nc2nc(C)co2)cc1C#CCN. The lowest BCUT2D eigenvalue weighted by Gasteiger charge is -2.06. The van der Waals surface area contributed by atoms with Crippen LogP contribution in [0.25, 0.3) is 0 Å². The van der Waals surface area contributed by atoms with Gasteiger partial charge in [0.05, 0.1) is 24.9 Å². The van der Waals surface area contributed by atoms with Crippen molar-refractivity contribution < 1.29 is 13.9 Å². The van der Waals surface area contributed by atoms with Crippen molar-refractivity contribution in [3.05, 3.63) is 41.3 Å². The Morgan fingerprint density at radius 1 is 1.52 bits per heavy atom. The minimum Gasteiger partial charge on any atom is -0.495 e. The standard InChI is InChI=1S/C15H15N3O3/c1-10-9-21-15(17-10)18-14(19)12-5-6-13(20-2)11(8-12)4-3-7-16/h5-6,8-9H,7,16H2,1-2H3,(H,17,18,19). The van der Waals surface area contributed by atoms with E-state index in [4.69, 9.17) is 14.9 Å². The molecule has 0 spiro atoms. The molecule has 2 aromatic rings. The summed E-state index contributed by atoms with van der Waals surface area (Å²) in [5, 5.41) is 2.57. The average Bonchev–Trinajstić information content (AvgIpc) is 2.89. The number of aryl methyl sites for hydroxylation is 1. The quantitative estimate of drug-likeness (QED) is 0.835. The summed E-state index contributed by atoms with van der Waals surface area (Å²) in [4.78, 5) is 16.1. The molecule has 21 heavy (non-hydrogen) atoms. The Morgan fingerprint density at radius 3 is 2.95 bits per heavy atom. The van der Waals surface area contributed by atoms with Gasteiger partial charge < -0.3 is 14.9 Å². The molecule has 0 aliphatic carbocycles. The number of oxazole rings is 1. The van der Waals surface area contributed by atoms with Gasteiger partial charge in [-0.15, -0.1) is 0 Å². The molecule has 0 radical (unpaired) electrons. The minimum absolute atomic E-state index is 0.155. The van der Waals surface area contributed by atoms with E-state index in [1.54, 1.807) is 25.1 Å². The molecule has 2 rings (SSSR count). The molecule has 0 bridgehead atoms. The van der Waals surface area contributed by atoms with Crippen molar-refractivity contribution in [2.75, 3.05) is 19.0 Å². The molecule has 1 heterocycles. The third-order valence-corrected chi connectivity index (χ3v) is 2.63. The second kappa shape index (κ2) is 6.59. The van der Waals surface area contributed by atoms with Crippen LogP contribution < -0.4 is 15.8 Å². The molecule has 0 fully saturated rings. The van der Waals surface area contributed by atoms with E-state index >= 15 is 0 Å². The van der Waals surface area contributed by atoms with E-state index in [1.165, 1.54) is 13.4 Å². The van der Waals surface area contributed by atoms with Gasteiger partial charge in [0.25, 0.3) is 5.91 Å². The Hall–Kier alpha value is -2.78. The van der Waals surface area contributed by atoms with Crippen LogP contribution in [0.1, 0.15) is 21.6 Å². The fraction of sp³-hybridized carbons (Fsp3) is 0.200. The number of nitrogens with two attached hydrogens (primary N) is 1. The maximum absolute atomic E-state index is 12.1. The molecule has 0 unspecified atom stereocenters. The van der Waals surface area contributed by atoms with E-state index in [0.29, 0.717) is 22.6 Å². The molecule has 0 aliphatic heterocycles. The van der Waals surface area contributed by atoms with E-state index in [2.05, 4.69) is 22.1 Å². The number of benzene rings is 1. The van der Waals surface area contributed by atoms with Gasteiger partial charge in [0.15, 0.2) is 0 Å². The predicted molar refractivity (Wildman–Crippen MR) is 78.1 cm³/mol. The first kappa shape index (κ1) is 14.6. The smallest absolute Gasteiger partial charge is 0.301 e. The Bertz CT molecular complexity index is 710. The number of ether oxygens (including phenoxy) is 1. The van der Waals surface area contributed by atoms with Crippen LogP contribution in [0.5, 0.6) is 5.75 Å². The predicted octanol–water partition coefficient (Wildman–Crippen LogP) is 1.55. The van der Waals surface area contributed by atoms with Crippen LogP contribution in [0.3, 0.4) is 0 Å². The summed E-state index contributed by atoms with van der Waals surface area (Å²) in [6.45, 7) is 2.00. The normalized spacial score (nSPS) is 9.67. The third-order valence-electron chi connectivity index (χ3n) is 2.63. The van der Waals surface area contributed by atoms with Crippen molar-refractivity contribution in [2.45, 2.75) is 6.92 Å². The van der Waals surface area contributed by atoms with Gasteiger partial charge in [-0.2, -0.15) is 4.98 Å². The molecule has 1 aromatic heterocycles. The van der Waals surface area contributed by atoms with Crippen LogP contribution in [0, 0.1) is 18.8 Å². The number of hydrogen-bond acceptors (Lipinski definition) is 5. The van der Waals surface area contributed by atoms with Crippen molar-refractivity contribution >= 4 is 11.9 Å². The Kier molecular flexibility index (Phi) is 4.59. The summed E-state index contributed by atoms with van der Waals surface area (Å²) in [7, 11) is 1.54. The molecule has 108 valence electrons. The second-order valence-corrected chi connectivity index (χ2v) is 4.17. The lowest BCUT2D eigenvalue weighted by Crippen LogP contribution is -2.12. The number of nitrogens with zero attached hydrogens (tertiary/aromatic N) is 1. The Balaban J connectivity index is 2.24. The first-order valence-electron chi connectivity index (χ1n) is 6.24. The zero-order valence-electron chi connectivity index (χ0n) is 11.8. The number of aromatic nitrogens is 1. The molecule has 6 nitrogen and oxygen atoms in total. The van der Waals surface area contributed by atoms with Crippen LogP contribution >= 0.6 is 0 Å². The van der Waals surface area contributed by atoms with Crippen molar-refractivity contribution in [3.63, 3.8) is 0 Å². The molecular formula is C15H15N3O3. The first-order valence-corrected chi connectivity index (χ1v) is 6.24. The fourth-order valence-corrected chi connectivity index (χ4v) is 1.67. The summed E-state index contributed by atoms with van der Waals surface area (Å²) >= 11 is 0. The highest BCUT2D eigenvalue weighted by atomic mass is 16.5. The number of methoxy groups -OCH3 is 1. The summed E-state index contributed by atoms with van der Waals surface area (Å²) in [6, 6.07) is 5.10. The number of carbonyl (C=O) groups is 1. The number of hydrogen-bond donors (Lipinski definition) is 2. The van der Waals surface area contributed by atoms with Gasteiger partial charge in [-0.05, 0) is 25.1 Å². The van der Waals surface area contributed by atoms with Crippen molar-refractivity contribution in [2.24, 2.45) is 5.73 Å². The van der Waals surface area contributed by atoms with E-state index in [0.717, 1.165) is 0 Å². The monoisotopic (exact) mass is 285 g/mol. The summed E-state index contributed by atoms with van der Waals surface area (Å²) in [6.07, 6.45) is 1.46. The van der Waals surface area contributed by atoms with Crippen LogP contribution in [-0.4, -0.2) is 24.5 Å². The van der Waals surface area contributed by atoms with Crippen molar-refractivity contribution in [1.82, 2.24) is 4.98 Å². The highest BCUT2D eigenvalue weighted by Crippen LogP contribution is 2.19. The Morgan fingerprint density at radius 2 is 2.33 bits per heavy atom. The molecule has 1 aromatic carbocycles. The fourth-order valence-electron chi connectivity index (χ4n) is 1.67. The zero-order chi connectivity index (χ0) is 15.2. The highest BCUT2D eigenvalue weighted by molar-refractivity contribution is 6.03. The zero-order valence-corrected chi connectivity index (χ0v) is 11.8. The van der Waals surface area contributed by atoms with E-state index in [-0.39, 0.29) is 18.5 Å². The van der Waals surface area contributed by atoms with E-state index in [1.807, 2.05) is 0 Å². The molecule has 3 N–H and O–H groups in total. The van der Waals surface area contributed by atoms with Crippen LogP contribution in [-0.2, 0) is 0 Å². The van der Waals surface area contributed by atoms with E-state index < -0.39 is 0 Å². The number of anilines is 1. The number of carbonyl (C=O) groups excluding carboxylic acids is 1. The van der Waals surface area contributed by atoms with Gasteiger partial charge in [-0.25, -0.2) is 0 Å². The maximum atomic E-state index is 12.1. The number of amides is 1. The first-order chi connectivity index (χ1) is 10.1. The third kappa shape index (κ3) is 3.61. The second-order valence-electron chi connectivity index (χ2n) is 4.17. The van der Waals surface area contributed by atoms with Gasteiger partial charge >= 0.3 is 6.01 Å². The topological polar surface area (TPSA) is 90.4 Å². The Labute approximate surface area is 122 Å². The van der Waals surface area contributed by atoms with Crippen molar-refractivity contribution in [3.8, 4) is 17.6 Å². The molecular weight excluding hydrogens is 270 g/mol. The summed E-state index contributed by atoms with van der Waals surface area (Å²) < 4.78 is 10.3. The summed E-state index contributed by atoms with van der Waals surface area (Å²) in [5.74, 6) is 5.85. The van der Waals surface area contributed by atoms with E-state index in [9.17, 15) is 4.79 Å². The van der Waals surface area contributed by atoms with Crippen molar-refractivity contribution in [1.29, 1.82) is 0 Å². The van der Waals surface area contributed by atoms with Crippen LogP contribution in [0.2, 0.25) is 0 Å². The molecule has 6 heteroatoms. The molecule has 1 amide bonds. The lowest BCUT2D eigenvalue weighted by atomic mass is 10.1. The van der Waals surface area contributed by atoms with Gasteiger partial charge in [0, 0.05) is 5.56 Å². The van der Waals surface area contributed by atoms with Gasteiger partial charge in [-0.1, -0.05) is 11.8 Å². The molecule has 0 aliphatic rings. The largest absolute Gasteiger partial charge is 0.495 e. The highest BCUT2D eigenvalue weighted by Gasteiger charge is 2.12.